The van der Waals surface area contributed by atoms with E-state index in [2.05, 4.69) is 0 Å². The molecule has 0 heterocycles. The van der Waals surface area contributed by atoms with Crippen molar-refractivity contribution in [1.82, 2.24) is 0 Å². The number of rotatable bonds is 3. The Morgan fingerprint density at radius 2 is 1.93 bits per heavy atom. The van der Waals surface area contributed by atoms with Crippen molar-refractivity contribution in [3.63, 3.8) is 0 Å². The van der Waals surface area contributed by atoms with Gasteiger partial charge in [-0.05, 0) is 24.1 Å². The van der Waals surface area contributed by atoms with E-state index in [0.717, 1.165) is 0 Å². The molecule has 1 rings (SSSR count). The second kappa shape index (κ2) is 6.17. The second-order valence-electron chi connectivity index (χ2n) is 2.97. The summed E-state index contributed by atoms with van der Waals surface area (Å²) in [5, 5.41) is 26.6. The molecule has 76 valence electrons. The Labute approximate surface area is 117 Å². The first-order valence-corrected chi connectivity index (χ1v) is 4.00. The molecule has 1 atom stereocenters. The molecule has 0 aromatic heterocycles. The number of benzene rings is 1. The summed E-state index contributed by atoms with van der Waals surface area (Å²) in [5.41, 5.74) is 5.86. The summed E-state index contributed by atoms with van der Waals surface area (Å²) in [6, 6.07) is 3.09. The molecule has 0 fully saturated rings. The van der Waals surface area contributed by atoms with Gasteiger partial charge in [0.05, 0.1) is 0 Å². The number of hydrogen-bond donors (Lipinski definition) is 4. The molecule has 0 saturated carbocycles. The van der Waals surface area contributed by atoms with Gasteiger partial charge >= 0.3 is 43.7 Å². The standard InChI is InChI=1S/C9H11NO4.Ca/c10-6(9(13)14)3-5-1-2-7(11)8(12)4-5;/h1-2,4,6,11-12H,3,10H2,(H,13,14);/q;+2. The summed E-state index contributed by atoms with van der Waals surface area (Å²) in [4.78, 5) is 10.4. The van der Waals surface area contributed by atoms with Crippen LogP contribution in [0.25, 0.3) is 0 Å². The minimum Gasteiger partial charge on any atom is -0.504 e. The third kappa shape index (κ3) is 4.25. The fourth-order valence-corrected chi connectivity index (χ4v) is 1.04. The van der Waals surface area contributed by atoms with E-state index in [4.69, 9.17) is 21.1 Å². The zero-order chi connectivity index (χ0) is 10.7. The molecule has 0 radical (unpaired) electrons. The molecule has 0 amide bonds. The van der Waals surface area contributed by atoms with Crippen LogP contribution in [0.15, 0.2) is 18.2 Å². The van der Waals surface area contributed by atoms with E-state index in [9.17, 15) is 4.79 Å². The Morgan fingerprint density at radius 3 is 2.40 bits per heavy atom. The number of carboxylic acids is 1. The number of carboxylic acid groups (broad SMARTS) is 1. The molecule has 5 nitrogen and oxygen atoms in total. The summed E-state index contributed by atoms with van der Waals surface area (Å²) >= 11 is 0. The van der Waals surface area contributed by atoms with E-state index in [-0.39, 0.29) is 55.7 Å². The topological polar surface area (TPSA) is 104 Å². The maximum absolute atomic E-state index is 10.4. The third-order valence-corrected chi connectivity index (χ3v) is 1.81. The van der Waals surface area contributed by atoms with E-state index in [1.54, 1.807) is 0 Å². The van der Waals surface area contributed by atoms with Gasteiger partial charge in [0.25, 0.3) is 0 Å². The molecular formula is C9H11CaNO4+2. The van der Waals surface area contributed by atoms with E-state index in [0.29, 0.717) is 5.56 Å². The van der Waals surface area contributed by atoms with Crippen molar-refractivity contribution in [2.75, 3.05) is 0 Å². The van der Waals surface area contributed by atoms with E-state index >= 15 is 0 Å². The molecule has 0 aliphatic heterocycles. The van der Waals surface area contributed by atoms with Gasteiger partial charge in [-0.2, -0.15) is 0 Å². The van der Waals surface area contributed by atoms with Crippen LogP contribution in [0.2, 0.25) is 0 Å². The van der Waals surface area contributed by atoms with Crippen LogP contribution < -0.4 is 5.73 Å². The first kappa shape index (κ1) is 14.5. The van der Waals surface area contributed by atoms with Crippen LogP contribution in [-0.4, -0.2) is 65.1 Å². The molecule has 1 unspecified atom stereocenters. The van der Waals surface area contributed by atoms with Gasteiger partial charge in [-0.15, -0.1) is 0 Å². The molecule has 1 aromatic rings. The number of nitrogens with two attached hydrogens (primary N) is 1. The van der Waals surface area contributed by atoms with Gasteiger partial charge in [-0.1, -0.05) is 6.07 Å². The second-order valence-corrected chi connectivity index (χ2v) is 2.97. The molecule has 0 saturated heterocycles. The van der Waals surface area contributed by atoms with Crippen molar-refractivity contribution >= 4 is 43.7 Å². The van der Waals surface area contributed by atoms with Gasteiger partial charge in [0, 0.05) is 0 Å². The van der Waals surface area contributed by atoms with Crippen molar-refractivity contribution in [1.29, 1.82) is 0 Å². The largest absolute Gasteiger partial charge is 2.00 e. The summed E-state index contributed by atoms with van der Waals surface area (Å²) in [6.45, 7) is 0. The van der Waals surface area contributed by atoms with Gasteiger partial charge < -0.3 is 21.1 Å². The van der Waals surface area contributed by atoms with Gasteiger partial charge in [0.15, 0.2) is 11.5 Å². The summed E-state index contributed by atoms with van der Waals surface area (Å²) in [5.74, 6) is -1.62. The number of carbonyl (C=O) groups is 1. The number of aromatic hydroxyl groups is 2. The minimum atomic E-state index is -1.10. The zero-order valence-corrected chi connectivity index (χ0v) is 10.3. The predicted octanol–water partition coefficient (Wildman–Crippen LogP) is -0.329. The minimum absolute atomic E-state index is 0. The van der Waals surface area contributed by atoms with Gasteiger partial charge in [-0.3, -0.25) is 4.79 Å². The van der Waals surface area contributed by atoms with E-state index < -0.39 is 12.0 Å². The van der Waals surface area contributed by atoms with Gasteiger partial charge in [0.2, 0.25) is 0 Å². The van der Waals surface area contributed by atoms with Gasteiger partial charge in [-0.25, -0.2) is 0 Å². The first-order valence-electron chi connectivity index (χ1n) is 4.00. The molecule has 1 aromatic carbocycles. The molecule has 15 heavy (non-hydrogen) atoms. The number of aliphatic carboxylic acids is 1. The molecule has 0 aliphatic carbocycles. The molecule has 0 bridgehead atoms. The Kier molecular flexibility index (Phi) is 5.97. The Hall–Kier alpha value is -0.490. The van der Waals surface area contributed by atoms with Crippen molar-refractivity contribution in [3.05, 3.63) is 23.8 Å². The van der Waals surface area contributed by atoms with Crippen LogP contribution in [0.3, 0.4) is 0 Å². The fourth-order valence-electron chi connectivity index (χ4n) is 1.04. The number of phenolic OH excluding ortho intramolecular Hbond substituents is 2. The fraction of sp³-hybridized carbons (Fsp3) is 0.222. The Bertz CT molecular complexity index is 356. The SMILES string of the molecule is NC(Cc1ccc(O)c(O)c1)C(=O)O.[Ca+2]. The monoisotopic (exact) mass is 237 g/mol. The zero-order valence-electron chi connectivity index (χ0n) is 8.05. The maximum atomic E-state index is 10.4. The van der Waals surface area contributed by atoms with E-state index in [1.165, 1.54) is 18.2 Å². The molecule has 0 aliphatic rings. The molecule has 0 spiro atoms. The van der Waals surface area contributed by atoms with Crippen LogP contribution in [0.4, 0.5) is 0 Å². The molecular weight excluding hydrogens is 226 g/mol. The Balaban J connectivity index is 0.00000196. The van der Waals surface area contributed by atoms with Crippen molar-refractivity contribution < 1.29 is 20.1 Å². The summed E-state index contributed by atoms with van der Waals surface area (Å²) < 4.78 is 0. The van der Waals surface area contributed by atoms with Crippen LogP contribution in [0.5, 0.6) is 11.5 Å². The molecule has 6 heteroatoms. The van der Waals surface area contributed by atoms with Gasteiger partial charge in [0.1, 0.15) is 6.04 Å². The maximum Gasteiger partial charge on any atom is 2.00 e. The predicted molar refractivity (Wildman–Crippen MR) is 54.8 cm³/mol. The quantitative estimate of drug-likeness (QED) is 0.426. The average molecular weight is 237 g/mol. The van der Waals surface area contributed by atoms with Crippen LogP contribution in [0.1, 0.15) is 5.56 Å². The van der Waals surface area contributed by atoms with Crippen molar-refractivity contribution in [2.24, 2.45) is 5.73 Å². The summed E-state index contributed by atoms with van der Waals surface area (Å²) in [7, 11) is 0. The number of hydrogen-bond acceptors (Lipinski definition) is 4. The third-order valence-electron chi connectivity index (χ3n) is 1.81. The normalized spacial score (nSPS) is 11.5. The summed E-state index contributed by atoms with van der Waals surface area (Å²) in [6.07, 6.45) is 0.114. The van der Waals surface area contributed by atoms with Crippen LogP contribution in [-0.2, 0) is 11.2 Å². The average Bonchev–Trinajstić information content (AvgIpc) is 2.11. The van der Waals surface area contributed by atoms with E-state index in [1.807, 2.05) is 0 Å². The smallest absolute Gasteiger partial charge is 0.504 e. The Morgan fingerprint density at radius 1 is 1.33 bits per heavy atom. The first-order chi connectivity index (χ1) is 6.50. The van der Waals surface area contributed by atoms with Crippen LogP contribution in [0, 0.1) is 0 Å². The van der Waals surface area contributed by atoms with Crippen molar-refractivity contribution in [3.8, 4) is 11.5 Å². The molecule has 5 N–H and O–H groups in total. The number of phenols is 2. The van der Waals surface area contributed by atoms with Crippen molar-refractivity contribution in [2.45, 2.75) is 12.5 Å². The van der Waals surface area contributed by atoms with Crippen LogP contribution >= 0.6 is 0 Å².